The number of aromatic amines is 1. The quantitative estimate of drug-likeness (QED) is 0.465. The second-order valence-corrected chi connectivity index (χ2v) is 7.83. The van der Waals surface area contributed by atoms with Crippen LogP contribution in [-0.2, 0) is 6.42 Å². The minimum Gasteiger partial charge on any atom is -0.507 e. The zero-order valence-corrected chi connectivity index (χ0v) is 17.0. The maximum Gasteiger partial charge on any atom is 0.153 e. The number of aryl methyl sites for hydroxylation is 1. The molecule has 1 aliphatic rings. The van der Waals surface area contributed by atoms with E-state index in [9.17, 15) is 9.90 Å². The number of piperazine rings is 1. The van der Waals surface area contributed by atoms with Gasteiger partial charge in [-0.15, -0.1) is 0 Å². The maximum absolute atomic E-state index is 11.0. The van der Waals surface area contributed by atoms with Gasteiger partial charge >= 0.3 is 0 Å². The van der Waals surface area contributed by atoms with E-state index in [4.69, 9.17) is 5.26 Å². The first-order chi connectivity index (χ1) is 14.7. The lowest BCUT2D eigenvalue weighted by atomic mass is 10.1. The van der Waals surface area contributed by atoms with Crippen LogP contribution in [0.25, 0.3) is 10.9 Å². The second-order valence-electron chi connectivity index (χ2n) is 7.83. The first-order valence-corrected chi connectivity index (χ1v) is 10.4. The lowest BCUT2D eigenvalue weighted by molar-refractivity contribution is 0.112. The molecule has 0 spiro atoms. The summed E-state index contributed by atoms with van der Waals surface area (Å²) >= 11 is 0. The number of rotatable bonds is 7. The van der Waals surface area contributed by atoms with E-state index < -0.39 is 0 Å². The molecule has 0 aliphatic carbocycles. The van der Waals surface area contributed by atoms with Gasteiger partial charge in [-0.1, -0.05) is 0 Å². The van der Waals surface area contributed by atoms with Crippen molar-refractivity contribution < 1.29 is 9.90 Å². The molecule has 1 aromatic heterocycles. The highest BCUT2D eigenvalue weighted by Gasteiger charge is 2.17. The number of anilines is 1. The summed E-state index contributed by atoms with van der Waals surface area (Å²) in [5, 5.41) is 20.0. The number of phenolic OH excluding ortho intramolecular Hbond substituents is 1. The number of phenols is 1. The average Bonchev–Trinajstić information content (AvgIpc) is 3.19. The Morgan fingerprint density at radius 3 is 2.70 bits per heavy atom. The molecule has 1 aliphatic heterocycles. The number of aldehydes is 1. The molecule has 0 saturated carbocycles. The van der Waals surface area contributed by atoms with Crippen molar-refractivity contribution in [3.05, 3.63) is 59.3 Å². The highest BCUT2D eigenvalue weighted by molar-refractivity contribution is 5.84. The maximum atomic E-state index is 11.0. The smallest absolute Gasteiger partial charge is 0.153 e. The summed E-state index contributed by atoms with van der Waals surface area (Å²) in [7, 11) is 0. The molecule has 154 valence electrons. The Bertz CT molecular complexity index is 1070. The Hall–Kier alpha value is -3.30. The zero-order valence-electron chi connectivity index (χ0n) is 17.0. The van der Waals surface area contributed by atoms with Crippen LogP contribution in [0.3, 0.4) is 0 Å². The third kappa shape index (κ3) is 4.32. The van der Waals surface area contributed by atoms with Crippen molar-refractivity contribution >= 4 is 22.9 Å². The molecular formula is C24H26N4O2. The fourth-order valence-corrected chi connectivity index (χ4v) is 4.17. The predicted molar refractivity (Wildman–Crippen MR) is 118 cm³/mol. The fourth-order valence-electron chi connectivity index (χ4n) is 4.17. The first kappa shape index (κ1) is 20.0. The Morgan fingerprint density at radius 1 is 1.10 bits per heavy atom. The van der Waals surface area contributed by atoms with Crippen LogP contribution >= 0.6 is 0 Å². The minimum atomic E-state index is 0.0337. The lowest BCUT2D eigenvalue weighted by Gasteiger charge is -2.36. The first-order valence-electron chi connectivity index (χ1n) is 10.4. The summed E-state index contributed by atoms with van der Waals surface area (Å²) < 4.78 is 0. The molecular weight excluding hydrogens is 376 g/mol. The van der Waals surface area contributed by atoms with Gasteiger partial charge in [0, 0.05) is 49.0 Å². The summed E-state index contributed by atoms with van der Waals surface area (Å²) in [5.41, 5.74) is 4.41. The lowest BCUT2D eigenvalue weighted by Crippen LogP contribution is -2.46. The summed E-state index contributed by atoms with van der Waals surface area (Å²) in [6.07, 6.45) is 6.03. The van der Waals surface area contributed by atoms with Gasteiger partial charge in [0.15, 0.2) is 6.29 Å². The highest BCUT2D eigenvalue weighted by atomic mass is 16.3. The number of nitrogens with one attached hydrogen (secondary N) is 1. The molecule has 1 saturated heterocycles. The molecule has 2 heterocycles. The van der Waals surface area contributed by atoms with Crippen molar-refractivity contribution in [2.45, 2.75) is 19.3 Å². The van der Waals surface area contributed by atoms with Crippen LogP contribution < -0.4 is 4.90 Å². The SMILES string of the molecule is N#Cc1ccc2[nH]cc(CCCCN3CCN(c4ccc(O)c(C=O)c4)CC3)c2c1. The van der Waals surface area contributed by atoms with E-state index in [2.05, 4.69) is 27.0 Å². The van der Waals surface area contributed by atoms with E-state index in [1.807, 2.05) is 24.3 Å². The molecule has 6 nitrogen and oxygen atoms in total. The number of unbranched alkanes of at least 4 members (excludes halogenated alkanes) is 1. The monoisotopic (exact) mass is 402 g/mol. The summed E-state index contributed by atoms with van der Waals surface area (Å²) in [4.78, 5) is 19.1. The Kier molecular flexibility index (Phi) is 6.01. The van der Waals surface area contributed by atoms with E-state index in [0.717, 1.165) is 68.6 Å². The van der Waals surface area contributed by atoms with Crippen LogP contribution in [0.15, 0.2) is 42.6 Å². The molecule has 2 aromatic carbocycles. The number of hydrogen-bond donors (Lipinski definition) is 2. The number of hydrogen-bond acceptors (Lipinski definition) is 5. The third-order valence-corrected chi connectivity index (χ3v) is 5.94. The topological polar surface area (TPSA) is 83.4 Å². The van der Waals surface area contributed by atoms with Gasteiger partial charge in [0.1, 0.15) is 5.75 Å². The van der Waals surface area contributed by atoms with Crippen LogP contribution in [-0.4, -0.2) is 54.0 Å². The van der Waals surface area contributed by atoms with Crippen LogP contribution in [0.2, 0.25) is 0 Å². The summed E-state index contributed by atoms with van der Waals surface area (Å²) in [5.74, 6) is 0.0337. The fraction of sp³-hybridized carbons (Fsp3) is 0.333. The van der Waals surface area contributed by atoms with E-state index in [-0.39, 0.29) is 5.75 Å². The normalized spacial score (nSPS) is 14.7. The molecule has 0 bridgehead atoms. The van der Waals surface area contributed by atoms with Crippen molar-refractivity contribution in [2.24, 2.45) is 0 Å². The van der Waals surface area contributed by atoms with E-state index in [1.54, 1.807) is 12.1 Å². The van der Waals surface area contributed by atoms with Crippen molar-refractivity contribution in [2.75, 3.05) is 37.6 Å². The molecule has 2 N–H and O–H groups in total. The molecule has 1 fully saturated rings. The Morgan fingerprint density at radius 2 is 1.93 bits per heavy atom. The number of carbonyl (C=O) groups excluding carboxylic acids is 1. The molecule has 0 atom stereocenters. The molecule has 6 heteroatoms. The van der Waals surface area contributed by atoms with Gasteiger partial charge in [-0.05, 0) is 67.8 Å². The van der Waals surface area contributed by atoms with Gasteiger partial charge in [-0.3, -0.25) is 9.69 Å². The van der Waals surface area contributed by atoms with Crippen molar-refractivity contribution in [3.63, 3.8) is 0 Å². The van der Waals surface area contributed by atoms with Gasteiger partial charge in [-0.25, -0.2) is 0 Å². The number of carbonyl (C=O) groups is 1. The van der Waals surface area contributed by atoms with Crippen LogP contribution in [0, 0.1) is 11.3 Å². The summed E-state index contributed by atoms with van der Waals surface area (Å²) in [6, 6.07) is 13.2. The number of benzene rings is 2. The number of fused-ring (bicyclic) bond motifs is 1. The Balaban J connectivity index is 1.24. The number of aromatic nitrogens is 1. The second kappa shape index (κ2) is 9.02. The molecule has 30 heavy (non-hydrogen) atoms. The van der Waals surface area contributed by atoms with Crippen LogP contribution in [0.5, 0.6) is 5.75 Å². The average molecular weight is 402 g/mol. The van der Waals surface area contributed by atoms with E-state index >= 15 is 0 Å². The van der Waals surface area contributed by atoms with Gasteiger partial charge in [0.25, 0.3) is 0 Å². The number of nitrogens with zero attached hydrogens (tertiary/aromatic N) is 3. The van der Waals surface area contributed by atoms with Crippen molar-refractivity contribution in [3.8, 4) is 11.8 Å². The van der Waals surface area contributed by atoms with Gasteiger partial charge < -0.3 is 15.0 Å². The highest BCUT2D eigenvalue weighted by Crippen LogP contribution is 2.24. The third-order valence-electron chi connectivity index (χ3n) is 5.94. The van der Waals surface area contributed by atoms with Crippen molar-refractivity contribution in [1.29, 1.82) is 5.26 Å². The molecule has 0 radical (unpaired) electrons. The van der Waals surface area contributed by atoms with Crippen LogP contribution in [0.4, 0.5) is 5.69 Å². The van der Waals surface area contributed by atoms with Crippen LogP contribution in [0.1, 0.15) is 34.3 Å². The Labute approximate surface area is 176 Å². The minimum absolute atomic E-state index is 0.0337. The molecule has 0 amide bonds. The van der Waals surface area contributed by atoms with E-state index in [0.29, 0.717) is 17.4 Å². The number of nitriles is 1. The zero-order chi connectivity index (χ0) is 20.9. The van der Waals surface area contributed by atoms with Gasteiger partial charge in [-0.2, -0.15) is 5.26 Å². The molecule has 4 rings (SSSR count). The van der Waals surface area contributed by atoms with E-state index in [1.165, 1.54) is 5.56 Å². The standard InChI is InChI=1S/C24H26N4O2/c25-15-18-4-6-23-22(13-18)19(16-26-23)3-1-2-8-27-9-11-28(12-10-27)21-5-7-24(30)20(14-21)17-29/h4-7,13-14,16-17,26,30H,1-3,8-12H2. The molecule has 0 unspecified atom stereocenters. The van der Waals surface area contributed by atoms with Crippen molar-refractivity contribution in [1.82, 2.24) is 9.88 Å². The van der Waals surface area contributed by atoms with Gasteiger partial charge in [0.2, 0.25) is 0 Å². The largest absolute Gasteiger partial charge is 0.507 e. The predicted octanol–water partition coefficient (Wildman–Crippen LogP) is 3.70. The number of H-pyrrole nitrogens is 1. The van der Waals surface area contributed by atoms with Gasteiger partial charge in [0.05, 0.1) is 17.2 Å². The molecule has 3 aromatic rings. The summed E-state index contributed by atoms with van der Waals surface area (Å²) in [6.45, 7) is 4.91. The number of aromatic hydroxyl groups is 1.